The van der Waals surface area contributed by atoms with Crippen molar-refractivity contribution in [3.8, 4) is 0 Å². The zero-order valence-electron chi connectivity index (χ0n) is 11.6. The standard InChI is InChI=1S/C16H21F3O/c17-16(18,19)14-8-5-7-13(12-14)6-3-4-11-20-15-9-1-2-10-15/h5,7-8,12,15H,1-4,6,9-11H2. The third-order valence-electron chi connectivity index (χ3n) is 3.77. The topological polar surface area (TPSA) is 9.23 Å². The number of alkyl halides is 3. The maximum absolute atomic E-state index is 12.6. The van der Waals surface area contributed by atoms with Crippen LogP contribution in [0.25, 0.3) is 0 Å². The van der Waals surface area contributed by atoms with Gasteiger partial charge in [0.15, 0.2) is 0 Å². The summed E-state index contributed by atoms with van der Waals surface area (Å²) in [5.41, 5.74) is 0.192. The van der Waals surface area contributed by atoms with E-state index in [9.17, 15) is 13.2 Å². The summed E-state index contributed by atoms with van der Waals surface area (Å²) in [7, 11) is 0. The lowest BCUT2D eigenvalue weighted by atomic mass is 10.1. The molecule has 0 aliphatic heterocycles. The molecule has 20 heavy (non-hydrogen) atoms. The molecular formula is C16H21F3O. The molecule has 1 fully saturated rings. The highest BCUT2D eigenvalue weighted by Gasteiger charge is 2.30. The number of benzene rings is 1. The molecule has 1 aromatic rings. The van der Waals surface area contributed by atoms with Gasteiger partial charge in [0.25, 0.3) is 0 Å². The van der Waals surface area contributed by atoms with Crippen molar-refractivity contribution in [3.05, 3.63) is 35.4 Å². The first kappa shape index (κ1) is 15.4. The van der Waals surface area contributed by atoms with E-state index < -0.39 is 11.7 Å². The Kier molecular flexibility index (Phi) is 5.46. The summed E-state index contributed by atoms with van der Waals surface area (Å²) >= 11 is 0. The van der Waals surface area contributed by atoms with Crippen molar-refractivity contribution in [1.29, 1.82) is 0 Å². The summed E-state index contributed by atoms with van der Waals surface area (Å²) in [5, 5.41) is 0. The minimum Gasteiger partial charge on any atom is -0.378 e. The smallest absolute Gasteiger partial charge is 0.378 e. The molecular weight excluding hydrogens is 265 g/mol. The third kappa shape index (κ3) is 4.82. The number of aryl methyl sites for hydroxylation is 1. The molecule has 4 heteroatoms. The van der Waals surface area contributed by atoms with Crippen molar-refractivity contribution in [2.75, 3.05) is 6.61 Å². The SMILES string of the molecule is FC(F)(F)c1cccc(CCCCOC2CCCC2)c1. The lowest BCUT2D eigenvalue weighted by molar-refractivity contribution is -0.137. The van der Waals surface area contributed by atoms with Gasteiger partial charge in [-0.2, -0.15) is 13.2 Å². The zero-order chi connectivity index (χ0) is 14.4. The van der Waals surface area contributed by atoms with Gasteiger partial charge in [0.2, 0.25) is 0 Å². The maximum atomic E-state index is 12.6. The van der Waals surface area contributed by atoms with Crippen LogP contribution in [0.1, 0.15) is 49.7 Å². The van der Waals surface area contributed by atoms with E-state index in [1.165, 1.54) is 25.0 Å². The van der Waals surface area contributed by atoms with Gasteiger partial charge in [-0.25, -0.2) is 0 Å². The van der Waals surface area contributed by atoms with Gasteiger partial charge < -0.3 is 4.74 Å². The molecule has 0 radical (unpaired) electrons. The molecule has 1 aliphatic carbocycles. The number of hydrogen-bond acceptors (Lipinski definition) is 1. The summed E-state index contributed by atoms with van der Waals surface area (Å²) in [5.74, 6) is 0. The number of unbranched alkanes of at least 4 members (excludes halogenated alkanes) is 1. The van der Waals surface area contributed by atoms with E-state index in [0.717, 1.165) is 43.9 Å². The van der Waals surface area contributed by atoms with Gasteiger partial charge in [0.1, 0.15) is 0 Å². The van der Waals surface area contributed by atoms with Gasteiger partial charge in [-0.05, 0) is 43.7 Å². The van der Waals surface area contributed by atoms with Crippen molar-refractivity contribution < 1.29 is 17.9 Å². The monoisotopic (exact) mass is 286 g/mol. The summed E-state index contributed by atoms with van der Waals surface area (Å²) in [4.78, 5) is 0. The molecule has 0 N–H and O–H groups in total. The molecule has 1 aromatic carbocycles. The van der Waals surface area contributed by atoms with Crippen LogP contribution in [0.4, 0.5) is 13.2 Å². The molecule has 0 bridgehead atoms. The second kappa shape index (κ2) is 7.11. The second-order valence-corrected chi connectivity index (χ2v) is 5.43. The fourth-order valence-electron chi connectivity index (χ4n) is 2.64. The Balaban J connectivity index is 1.68. The van der Waals surface area contributed by atoms with Crippen LogP contribution in [0.3, 0.4) is 0 Å². The van der Waals surface area contributed by atoms with Crippen LogP contribution in [0.2, 0.25) is 0 Å². The predicted molar refractivity (Wildman–Crippen MR) is 72.6 cm³/mol. The van der Waals surface area contributed by atoms with E-state index in [2.05, 4.69) is 0 Å². The number of halogens is 3. The van der Waals surface area contributed by atoms with E-state index in [1.54, 1.807) is 6.07 Å². The van der Waals surface area contributed by atoms with Crippen LogP contribution in [0.5, 0.6) is 0 Å². The molecule has 1 nitrogen and oxygen atoms in total. The first-order valence-corrected chi connectivity index (χ1v) is 7.33. The van der Waals surface area contributed by atoms with Crippen LogP contribution in [-0.2, 0) is 17.3 Å². The highest BCUT2D eigenvalue weighted by Crippen LogP contribution is 2.29. The maximum Gasteiger partial charge on any atom is 0.416 e. The molecule has 0 heterocycles. The second-order valence-electron chi connectivity index (χ2n) is 5.43. The van der Waals surface area contributed by atoms with Crippen molar-refractivity contribution in [3.63, 3.8) is 0 Å². The molecule has 112 valence electrons. The van der Waals surface area contributed by atoms with E-state index in [-0.39, 0.29) is 0 Å². The number of hydrogen-bond donors (Lipinski definition) is 0. The Morgan fingerprint density at radius 3 is 2.55 bits per heavy atom. The van der Waals surface area contributed by atoms with Gasteiger partial charge >= 0.3 is 6.18 Å². The largest absolute Gasteiger partial charge is 0.416 e. The lowest BCUT2D eigenvalue weighted by Crippen LogP contribution is -2.08. The normalized spacial score (nSPS) is 16.8. The fraction of sp³-hybridized carbons (Fsp3) is 0.625. The van der Waals surface area contributed by atoms with E-state index in [1.807, 2.05) is 0 Å². The Morgan fingerprint density at radius 1 is 1.10 bits per heavy atom. The van der Waals surface area contributed by atoms with Crippen LogP contribution in [-0.4, -0.2) is 12.7 Å². The third-order valence-corrected chi connectivity index (χ3v) is 3.77. The van der Waals surface area contributed by atoms with Crippen LogP contribution in [0, 0.1) is 0 Å². The van der Waals surface area contributed by atoms with Crippen molar-refractivity contribution in [2.45, 2.75) is 57.2 Å². The zero-order valence-corrected chi connectivity index (χ0v) is 11.6. The van der Waals surface area contributed by atoms with E-state index in [4.69, 9.17) is 4.74 Å². The number of ether oxygens (including phenoxy) is 1. The highest BCUT2D eigenvalue weighted by atomic mass is 19.4. The first-order chi connectivity index (χ1) is 9.55. The molecule has 0 saturated heterocycles. The molecule has 0 spiro atoms. The predicted octanol–water partition coefficient (Wildman–Crippen LogP) is 4.99. The Labute approximate surface area is 118 Å². The van der Waals surface area contributed by atoms with E-state index >= 15 is 0 Å². The summed E-state index contributed by atoms with van der Waals surface area (Å²) in [6.45, 7) is 0.726. The summed E-state index contributed by atoms with van der Waals surface area (Å²) < 4.78 is 43.4. The van der Waals surface area contributed by atoms with Crippen molar-refractivity contribution in [1.82, 2.24) is 0 Å². The van der Waals surface area contributed by atoms with E-state index in [0.29, 0.717) is 12.5 Å². The quantitative estimate of drug-likeness (QED) is 0.670. The van der Waals surface area contributed by atoms with Crippen molar-refractivity contribution in [2.24, 2.45) is 0 Å². The van der Waals surface area contributed by atoms with Gasteiger partial charge in [0, 0.05) is 6.61 Å². The van der Waals surface area contributed by atoms with Gasteiger partial charge in [-0.1, -0.05) is 31.0 Å². The molecule has 0 amide bonds. The molecule has 0 atom stereocenters. The summed E-state index contributed by atoms with van der Waals surface area (Å²) in [6.07, 6.45) is 3.47. The fourth-order valence-corrected chi connectivity index (χ4v) is 2.64. The minimum atomic E-state index is -4.25. The molecule has 0 unspecified atom stereocenters. The van der Waals surface area contributed by atoms with Gasteiger partial charge in [-0.15, -0.1) is 0 Å². The van der Waals surface area contributed by atoms with Gasteiger partial charge in [0.05, 0.1) is 11.7 Å². The lowest BCUT2D eigenvalue weighted by Gasteiger charge is -2.11. The van der Waals surface area contributed by atoms with Crippen LogP contribution >= 0.6 is 0 Å². The molecule has 1 saturated carbocycles. The highest BCUT2D eigenvalue weighted by molar-refractivity contribution is 5.25. The minimum absolute atomic E-state index is 0.420. The molecule has 0 aromatic heterocycles. The van der Waals surface area contributed by atoms with Crippen molar-refractivity contribution >= 4 is 0 Å². The number of rotatable bonds is 6. The molecule has 1 aliphatic rings. The average molecular weight is 286 g/mol. The summed E-state index contributed by atoms with van der Waals surface area (Å²) in [6, 6.07) is 5.60. The Hall–Kier alpha value is -1.03. The average Bonchev–Trinajstić information content (AvgIpc) is 2.91. The Bertz CT molecular complexity index is 408. The van der Waals surface area contributed by atoms with Crippen LogP contribution in [0.15, 0.2) is 24.3 Å². The Morgan fingerprint density at radius 2 is 1.85 bits per heavy atom. The first-order valence-electron chi connectivity index (χ1n) is 7.33. The van der Waals surface area contributed by atoms with Gasteiger partial charge in [-0.3, -0.25) is 0 Å². The van der Waals surface area contributed by atoms with Crippen LogP contribution < -0.4 is 0 Å². The molecule has 2 rings (SSSR count).